The molecule has 180 valence electrons. The highest BCUT2D eigenvalue weighted by atomic mass is 16.2. The quantitative estimate of drug-likeness (QED) is 0.581. The van der Waals surface area contributed by atoms with Crippen molar-refractivity contribution in [2.45, 2.75) is 44.3 Å². The van der Waals surface area contributed by atoms with E-state index < -0.39 is 12.1 Å². The van der Waals surface area contributed by atoms with Crippen LogP contribution in [0.4, 0.5) is 4.79 Å². The van der Waals surface area contributed by atoms with Crippen molar-refractivity contribution in [3.63, 3.8) is 0 Å². The number of hydrogen-bond acceptors (Lipinski definition) is 3. The topological polar surface area (TPSA) is 81.8 Å². The number of carbonyl (C=O) groups is 3. The van der Waals surface area contributed by atoms with Crippen LogP contribution in [0.25, 0.3) is 0 Å². The third-order valence-corrected chi connectivity index (χ3v) is 6.85. The van der Waals surface area contributed by atoms with Crippen LogP contribution in [0.15, 0.2) is 78.5 Å². The first-order valence-electron chi connectivity index (χ1n) is 12.1. The summed E-state index contributed by atoms with van der Waals surface area (Å²) in [7, 11) is 0. The van der Waals surface area contributed by atoms with Crippen LogP contribution in [0, 0.1) is 6.92 Å². The lowest BCUT2D eigenvalue weighted by molar-refractivity contribution is -0.136. The van der Waals surface area contributed by atoms with E-state index in [2.05, 4.69) is 17.2 Å². The molecule has 0 spiro atoms. The van der Waals surface area contributed by atoms with Crippen LogP contribution >= 0.6 is 0 Å². The zero-order valence-electron chi connectivity index (χ0n) is 19.9. The van der Waals surface area contributed by atoms with E-state index >= 15 is 0 Å². The SMILES string of the molecule is C=CCN1C(=O)N[C@H](c2ccc(C)cc2)C2=C1CN([C@H](Cc1ccccc1)C(=O)NC1CC1)C2=O. The molecule has 7 nitrogen and oxygen atoms in total. The summed E-state index contributed by atoms with van der Waals surface area (Å²) in [5.41, 5.74) is 4.08. The van der Waals surface area contributed by atoms with Crippen LogP contribution in [0.2, 0.25) is 0 Å². The van der Waals surface area contributed by atoms with Crippen molar-refractivity contribution in [1.82, 2.24) is 20.4 Å². The molecule has 1 aliphatic carbocycles. The molecule has 0 unspecified atom stereocenters. The molecule has 2 N–H and O–H groups in total. The normalized spacial score (nSPS) is 20.4. The second-order valence-electron chi connectivity index (χ2n) is 9.47. The van der Waals surface area contributed by atoms with Gasteiger partial charge in [0.2, 0.25) is 5.91 Å². The third-order valence-electron chi connectivity index (χ3n) is 6.85. The van der Waals surface area contributed by atoms with Gasteiger partial charge in [0.15, 0.2) is 0 Å². The van der Waals surface area contributed by atoms with Gasteiger partial charge in [-0.05, 0) is 30.9 Å². The summed E-state index contributed by atoms with van der Waals surface area (Å²) in [6, 6.07) is 16.2. The van der Waals surface area contributed by atoms with E-state index in [1.165, 1.54) is 0 Å². The van der Waals surface area contributed by atoms with Gasteiger partial charge < -0.3 is 15.5 Å². The first kappa shape index (κ1) is 22.9. The summed E-state index contributed by atoms with van der Waals surface area (Å²) < 4.78 is 0. The Kier molecular flexibility index (Phi) is 6.16. The van der Waals surface area contributed by atoms with E-state index in [1.807, 2.05) is 61.5 Å². The monoisotopic (exact) mass is 470 g/mol. The average Bonchev–Trinajstić information content (AvgIpc) is 3.61. The van der Waals surface area contributed by atoms with Gasteiger partial charge in [-0.3, -0.25) is 14.5 Å². The van der Waals surface area contributed by atoms with E-state index in [-0.39, 0.29) is 37.0 Å². The zero-order valence-corrected chi connectivity index (χ0v) is 19.9. The van der Waals surface area contributed by atoms with Gasteiger partial charge in [-0.15, -0.1) is 6.58 Å². The third kappa shape index (κ3) is 4.58. The minimum atomic E-state index is -0.671. The van der Waals surface area contributed by atoms with Crippen molar-refractivity contribution in [2.75, 3.05) is 13.1 Å². The predicted octanol–water partition coefficient (Wildman–Crippen LogP) is 3.23. The number of urea groups is 1. The van der Waals surface area contributed by atoms with Crippen molar-refractivity contribution >= 4 is 17.8 Å². The molecule has 35 heavy (non-hydrogen) atoms. The fourth-order valence-electron chi connectivity index (χ4n) is 4.80. The molecule has 0 radical (unpaired) electrons. The number of nitrogens with one attached hydrogen (secondary N) is 2. The maximum absolute atomic E-state index is 14.0. The smallest absolute Gasteiger partial charge is 0.322 e. The molecule has 0 aromatic heterocycles. The lowest BCUT2D eigenvalue weighted by atomic mass is 9.94. The highest BCUT2D eigenvalue weighted by molar-refractivity contribution is 6.03. The minimum absolute atomic E-state index is 0.147. The van der Waals surface area contributed by atoms with Crippen LogP contribution in [-0.4, -0.2) is 52.8 Å². The molecule has 2 atom stereocenters. The number of benzene rings is 2. The molecule has 2 aromatic rings. The number of amides is 4. The Morgan fingerprint density at radius 2 is 1.86 bits per heavy atom. The Hall–Kier alpha value is -3.87. The van der Waals surface area contributed by atoms with Crippen molar-refractivity contribution in [3.8, 4) is 0 Å². The average molecular weight is 471 g/mol. The van der Waals surface area contributed by atoms with Gasteiger partial charge in [-0.1, -0.05) is 66.2 Å². The Bertz CT molecular complexity index is 1180. The molecule has 1 fully saturated rings. The second kappa shape index (κ2) is 9.41. The molecule has 2 heterocycles. The van der Waals surface area contributed by atoms with Crippen LogP contribution < -0.4 is 10.6 Å². The number of hydrogen-bond donors (Lipinski definition) is 2. The highest BCUT2D eigenvalue weighted by Crippen LogP contribution is 2.37. The molecule has 3 aliphatic rings. The Morgan fingerprint density at radius 3 is 2.51 bits per heavy atom. The van der Waals surface area contributed by atoms with Gasteiger partial charge in [0.25, 0.3) is 5.91 Å². The van der Waals surface area contributed by atoms with E-state index in [1.54, 1.807) is 15.9 Å². The first-order valence-corrected chi connectivity index (χ1v) is 12.1. The summed E-state index contributed by atoms with van der Waals surface area (Å²) in [6.45, 7) is 6.26. The van der Waals surface area contributed by atoms with Gasteiger partial charge >= 0.3 is 6.03 Å². The van der Waals surface area contributed by atoms with Gasteiger partial charge in [-0.25, -0.2) is 4.79 Å². The van der Waals surface area contributed by atoms with E-state index in [9.17, 15) is 14.4 Å². The fraction of sp³-hybridized carbons (Fsp3) is 0.321. The Morgan fingerprint density at radius 1 is 1.14 bits per heavy atom. The van der Waals surface area contributed by atoms with E-state index in [0.717, 1.165) is 29.5 Å². The first-order chi connectivity index (χ1) is 17.0. The van der Waals surface area contributed by atoms with Gasteiger partial charge in [-0.2, -0.15) is 0 Å². The number of rotatable bonds is 8. The lowest BCUT2D eigenvalue weighted by Crippen LogP contribution is -2.50. The Labute approximate surface area is 205 Å². The summed E-state index contributed by atoms with van der Waals surface area (Å²) >= 11 is 0. The molecular weight excluding hydrogens is 440 g/mol. The van der Waals surface area contributed by atoms with E-state index in [0.29, 0.717) is 17.7 Å². The largest absolute Gasteiger partial charge is 0.352 e. The number of carbonyl (C=O) groups excluding carboxylic acids is 3. The molecular formula is C28H30N4O3. The molecule has 2 aliphatic heterocycles. The molecule has 2 aromatic carbocycles. The van der Waals surface area contributed by atoms with Crippen molar-refractivity contribution < 1.29 is 14.4 Å². The fourth-order valence-corrected chi connectivity index (χ4v) is 4.80. The maximum Gasteiger partial charge on any atom is 0.322 e. The summed E-state index contributed by atoms with van der Waals surface area (Å²) in [6.07, 6.45) is 3.98. The Balaban J connectivity index is 1.51. The molecule has 7 heteroatoms. The highest BCUT2D eigenvalue weighted by Gasteiger charge is 2.47. The van der Waals surface area contributed by atoms with Crippen LogP contribution in [0.1, 0.15) is 35.6 Å². The van der Waals surface area contributed by atoms with Crippen molar-refractivity contribution in [1.29, 1.82) is 0 Å². The molecule has 0 bridgehead atoms. The summed E-state index contributed by atoms with van der Waals surface area (Å²) in [4.78, 5) is 43.6. The second-order valence-corrected chi connectivity index (χ2v) is 9.47. The predicted molar refractivity (Wildman–Crippen MR) is 133 cm³/mol. The summed E-state index contributed by atoms with van der Waals surface area (Å²) in [5.74, 6) is -0.363. The van der Waals surface area contributed by atoms with Gasteiger partial charge in [0.05, 0.1) is 23.9 Å². The standard InChI is InChI=1S/C28H30N4O3/c1-3-15-31-23-17-32(22(26(33)29-21-13-14-21)16-19-7-5-4-6-8-19)27(34)24(23)25(30-28(31)35)20-11-9-18(2)10-12-20/h3-12,21-22,25H,1,13-17H2,2H3,(H,29,33)(H,30,35)/t22-,25-/m1/s1. The van der Waals surface area contributed by atoms with Crippen LogP contribution in [0.5, 0.6) is 0 Å². The van der Waals surface area contributed by atoms with Crippen LogP contribution in [-0.2, 0) is 16.0 Å². The van der Waals surface area contributed by atoms with Gasteiger partial charge in [0.1, 0.15) is 6.04 Å². The molecule has 1 saturated carbocycles. The lowest BCUT2D eigenvalue weighted by Gasteiger charge is -2.33. The molecule has 5 rings (SSSR count). The number of nitrogens with zero attached hydrogens (tertiary/aromatic N) is 2. The van der Waals surface area contributed by atoms with Crippen LogP contribution in [0.3, 0.4) is 0 Å². The van der Waals surface area contributed by atoms with Crippen molar-refractivity contribution in [2.24, 2.45) is 0 Å². The van der Waals surface area contributed by atoms with Gasteiger partial charge in [0, 0.05) is 19.0 Å². The van der Waals surface area contributed by atoms with E-state index in [4.69, 9.17) is 0 Å². The molecule has 4 amide bonds. The van der Waals surface area contributed by atoms with Crippen molar-refractivity contribution in [3.05, 3.63) is 95.2 Å². The zero-order chi connectivity index (χ0) is 24.5. The summed E-state index contributed by atoms with van der Waals surface area (Å²) in [5, 5.41) is 6.09. The molecule has 0 saturated heterocycles. The number of aryl methyl sites for hydroxylation is 1. The maximum atomic E-state index is 14.0. The minimum Gasteiger partial charge on any atom is -0.352 e.